The SMILES string of the molecule is Fc1cccc(CNc2ccc(-c3cc4c(cc3Cl)OC(F)(F)O4)cn2)c1Cl. The van der Waals surface area contributed by atoms with E-state index in [-0.39, 0.29) is 28.1 Å². The number of aromatic nitrogens is 1. The lowest BCUT2D eigenvalue weighted by molar-refractivity contribution is -0.286. The third-order valence-electron chi connectivity index (χ3n) is 4.06. The molecule has 144 valence electrons. The molecule has 1 aromatic heterocycles. The third-order valence-corrected chi connectivity index (χ3v) is 4.79. The third kappa shape index (κ3) is 3.68. The van der Waals surface area contributed by atoms with Crippen LogP contribution in [0.3, 0.4) is 0 Å². The number of fused-ring (bicyclic) bond motifs is 1. The number of hydrogen-bond acceptors (Lipinski definition) is 4. The van der Waals surface area contributed by atoms with Gasteiger partial charge in [-0.25, -0.2) is 9.37 Å². The van der Waals surface area contributed by atoms with Crippen LogP contribution in [0.25, 0.3) is 11.1 Å². The molecule has 0 aliphatic carbocycles. The molecular formula is C19H11Cl2F3N2O2. The Morgan fingerprint density at radius 3 is 2.50 bits per heavy atom. The summed E-state index contributed by atoms with van der Waals surface area (Å²) in [5.74, 6) is -0.205. The molecule has 0 spiro atoms. The first-order valence-corrected chi connectivity index (χ1v) is 8.80. The summed E-state index contributed by atoms with van der Waals surface area (Å²) in [5, 5.41) is 3.30. The van der Waals surface area contributed by atoms with Crippen molar-refractivity contribution >= 4 is 29.0 Å². The number of hydrogen-bond donors (Lipinski definition) is 1. The number of nitrogens with zero attached hydrogens (tertiary/aromatic N) is 1. The van der Waals surface area contributed by atoms with E-state index in [4.69, 9.17) is 23.2 Å². The van der Waals surface area contributed by atoms with Crippen LogP contribution in [0.2, 0.25) is 10.0 Å². The fourth-order valence-electron chi connectivity index (χ4n) is 2.72. The Kier molecular flexibility index (Phi) is 4.72. The number of alkyl halides is 2. The number of pyridine rings is 1. The van der Waals surface area contributed by atoms with E-state index < -0.39 is 12.1 Å². The number of benzene rings is 2. The van der Waals surface area contributed by atoms with Gasteiger partial charge in [-0.05, 0) is 29.8 Å². The second kappa shape index (κ2) is 7.07. The van der Waals surface area contributed by atoms with Crippen LogP contribution >= 0.6 is 23.2 Å². The van der Waals surface area contributed by atoms with Crippen molar-refractivity contribution in [2.75, 3.05) is 5.32 Å². The van der Waals surface area contributed by atoms with Crippen molar-refractivity contribution < 1.29 is 22.6 Å². The van der Waals surface area contributed by atoms with E-state index in [1.807, 2.05) is 0 Å². The molecule has 0 radical (unpaired) electrons. The summed E-state index contributed by atoms with van der Waals surface area (Å²) < 4.78 is 48.7. The summed E-state index contributed by atoms with van der Waals surface area (Å²) in [6.45, 7) is 0.281. The highest BCUT2D eigenvalue weighted by Crippen LogP contribution is 2.46. The molecule has 2 heterocycles. The summed E-state index contributed by atoms with van der Waals surface area (Å²) in [7, 11) is 0. The molecule has 4 nitrogen and oxygen atoms in total. The van der Waals surface area contributed by atoms with Gasteiger partial charge in [0.25, 0.3) is 0 Å². The highest BCUT2D eigenvalue weighted by Gasteiger charge is 2.43. The predicted octanol–water partition coefficient (Wildman–Crippen LogP) is 6.13. The Labute approximate surface area is 167 Å². The molecule has 3 aromatic rings. The molecule has 0 bridgehead atoms. The minimum absolute atomic E-state index is 0.0514. The molecule has 0 amide bonds. The van der Waals surface area contributed by atoms with Gasteiger partial charge >= 0.3 is 6.29 Å². The zero-order chi connectivity index (χ0) is 19.9. The lowest BCUT2D eigenvalue weighted by atomic mass is 10.1. The minimum Gasteiger partial charge on any atom is -0.395 e. The smallest absolute Gasteiger partial charge is 0.395 e. The van der Waals surface area contributed by atoms with Crippen molar-refractivity contribution in [3.05, 3.63) is 70.1 Å². The molecule has 0 saturated heterocycles. The standard InChI is InChI=1S/C19H11Cl2F3N2O2/c20-13-7-16-15(27-19(23,24)28-16)6-12(13)10-4-5-17(25-8-10)26-9-11-2-1-3-14(22)18(11)21/h1-8H,9H2,(H,25,26). The van der Waals surface area contributed by atoms with Crippen molar-refractivity contribution in [1.29, 1.82) is 0 Å². The maximum Gasteiger partial charge on any atom is 0.586 e. The number of nitrogens with one attached hydrogen (secondary N) is 1. The highest BCUT2D eigenvalue weighted by molar-refractivity contribution is 6.33. The Morgan fingerprint density at radius 2 is 1.79 bits per heavy atom. The van der Waals surface area contributed by atoms with Crippen LogP contribution < -0.4 is 14.8 Å². The summed E-state index contributed by atoms with van der Waals surface area (Å²) >= 11 is 12.1. The molecule has 0 fully saturated rings. The first-order valence-electron chi connectivity index (χ1n) is 8.05. The van der Waals surface area contributed by atoms with Gasteiger partial charge in [0.2, 0.25) is 0 Å². The van der Waals surface area contributed by atoms with Crippen molar-refractivity contribution in [3.63, 3.8) is 0 Å². The summed E-state index contributed by atoms with van der Waals surface area (Å²) in [6.07, 6.45) is -2.19. The zero-order valence-electron chi connectivity index (χ0n) is 14.0. The number of anilines is 1. The van der Waals surface area contributed by atoms with Gasteiger partial charge in [-0.3, -0.25) is 0 Å². The molecular weight excluding hydrogens is 416 g/mol. The van der Waals surface area contributed by atoms with Gasteiger partial charge in [0, 0.05) is 29.9 Å². The predicted molar refractivity (Wildman–Crippen MR) is 99.6 cm³/mol. The largest absolute Gasteiger partial charge is 0.586 e. The monoisotopic (exact) mass is 426 g/mol. The molecule has 1 aliphatic heterocycles. The molecule has 1 N–H and O–H groups in total. The number of rotatable bonds is 4. The van der Waals surface area contributed by atoms with Gasteiger partial charge in [-0.15, -0.1) is 8.78 Å². The Bertz CT molecular complexity index is 1050. The Balaban J connectivity index is 1.52. The summed E-state index contributed by atoms with van der Waals surface area (Å²) in [5.41, 5.74) is 1.65. The summed E-state index contributed by atoms with van der Waals surface area (Å²) in [4.78, 5) is 4.26. The van der Waals surface area contributed by atoms with Crippen LogP contribution in [0, 0.1) is 5.82 Å². The van der Waals surface area contributed by atoms with E-state index in [9.17, 15) is 13.2 Å². The molecule has 0 atom stereocenters. The molecule has 28 heavy (non-hydrogen) atoms. The first-order chi connectivity index (χ1) is 13.3. The minimum atomic E-state index is -3.71. The Hall–Kier alpha value is -2.64. The van der Waals surface area contributed by atoms with Crippen molar-refractivity contribution in [2.45, 2.75) is 12.8 Å². The van der Waals surface area contributed by atoms with Crippen LogP contribution in [-0.2, 0) is 6.54 Å². The van der Waals surface area contributed by atoms with Gasteiger partial charge in [0.1, 0.15) is 11.6 Å². The highest BCUT2D eigenvalue weighted by atomic mass is 35.5. The van der Waals surface area contributed by atoms with E-state index in [1.54, 1.807) is 24.3 Å². The van der Waals surface area contributed by atoms with Crippen molar-refractivity contribution in [2.24, 2.45) is 0 Å². The second-order valence-corrected chi connectivity index (χ2v) is 6.73. The van der Waals surface area contributed by atoms with Crippen LogP contribution in [0.4, 0.5) is 19.0 Å². The quantitative estimate of drug-likeness (QED) is 0.544. The lowest BCUT2D eigenvalue weighted by Gasteiger charge is -2.10. The molecule has 0 saturated carbocycles. The van der Waals surface area contributed by atoms with Crippen LogP contribution in [0.5, 0.6) is 11.5 Å². The van der Waals surface area contributed by atoms with Gasteiger partial charge in [-0.1, -0.05) is 35.3 Å². The topological polar surface area (TPSA) is 43.4 Å². The van der Waals surface area contributed by atoms with E-state index in [0.717, 1.165) is 0 Å². The average Bonchev–Trinajstić information content (AvgIpc) is 2.95. The fraction of sp³-hybridized carbons (Fsp3) is 0.105. The normalized spacial score (nSPS) is 14.2. The van der Waals surface area contributed by atoms with Gasteiger partial charge < -0.3 is 14.8 Å². The molecule has 1 aliphatic rings. The second-order valence-electron chi connectivity index (χ2n) is 5.94. The average molecular weight is 427 g/mol. The van der Waals surface area contributed by atoms with E-state index in [2.05, 4.69) is 19.8 Å². The maximum atomic E-state index is 13.5. The van der Waals surface area contributed by atoms with Crippen LogP contribution in [0.1, 0.15) is 5.56 Å². The Morgan fingerprint density at radius 1 is 1.04 bits per heavy atom. The van der Waals surface area contributed by atoms with Crippen LogP contribution in [0.15, 0.2) is 48.7 Å². The van der Waals surface area contributed by atoms with Crippen molar-refractivity contribution in [1.82, 2.24) is 4.98 Å². The van der Waals surface area contributed by atoms with Gasteiger partial charge in [0.15, 0.2) is 11.5 Å². The van der Waals surface area contributed by atoms with Gasteiger partial charge in [0.05, 0.1) is 10.0 Å². The lowest BCUT2D eigenvalue weighted by Crippen LogP contribution is -2.25. The van der Waals surface area contributed by atoms with Crippen molar-refractivity contribution in [3.8, 4) is 22.6 Å². The van der Waals surface area contributed by atoms with E-state index >= 15 is 0 Å². The van der Waals surface area contributed by atoms with E-state index in [1.165, 1.54) is 24.4 Å². The van der Waals surface area contributed by atoms with Crippen LogP contribution in [-0.4, -0.2) is 11.3 Å². The number of ether oxygens (including phenoxy) is 2. The number of halogens is 5. The van der Waals surface area contributed by atoms with E-state index in [0.29, 0.717) is 22.5 Å². The molecule has 2 aromatic carbocycles. The molecule has 9 heteroatoms. The zero-order valence-corrected chi connectivity index (χ0v) is 15.5. The molecule has 0 unspecified atom stereocenters. The first kappa shape index (κ1) is 18.7. The molecule has 4 rings (SSSR count). The fourth-order valence-corrected chi connectivity index (χ4v) is 3.18. The maximum absolute atomic E-state index is 13.5. The summed E-state index contributed by atoms with van der Waals surface area (Å²) in [6, 6.07) is 10.6. The van der Waals surface area contributed by atoms with Gasteiger partial charge in [-0.2, -0.15) is 0 Å².